The molecular formula is C23H17N3O6S. The number of hydrogen-bond acceptors (Lipinski definition) is 7. The van der Waals surface area contributed by atoms with Gasteiger partial charge in [0.1, 0.15) is 11.5 Å². The molecule has 2 aromatic carbocycles. The van der Waals surface area contributed by atoms with Gasteiger partial charge in [-0.1, -0.05) is 12.1 Å². The summed E-state index contributed by atoms with van der Waals surface area (Å²) in [5.74, 6) is -0.572. The van der Waals surface area contributed by atoms with Crippen LogP contribution in [-0.2, 0) is 4.79 Å². The van der Waals surface area contributed by atoms with Gasteiger partial charge in [0.15, 0.2) is 5.17 Å². The van der Waals surface area contributed by atoms with E-state index in [1.54, 1.807) is 48.5 Å². The highest BCUT2D eigenvalue weighted by atomic mass is 32.2. The lowest BCUT2D eigenvalue weighted by molar-refractivity contribution is -0.384. The molecule has 166 valence electrons. The molecule has 1 fully saturated rings. The van der Waals surface area contributed by atoms with Crippen molar-refractivity contribution in [3.8, 4) is 11.3 Å². The highest BCUT2D eigenvalue weighted by molar-refractivity contribution is 8.18. The number of amidine groups is 1. The van der Waals surface area contributed by atoms with Crippen LogP contribution in [0, 0.1) is 10.1 Å². The van der Waals surface area contributed by atoms with Crippen LogP contribution in [0.5, 0.6) is 0 Å². The van der Waals surface area contributed by atoms with E-state index in [2.05, 4.69) is 4.99 Å². The van der Waals surface area contributed by atoms with Crippen molar-refractivity contribution in [3.05, 3.63) is 87.0 Å². The molecule has 2 heterocycles. The Balaban J connectivity index is 1.61. The number of benzene rings is 2. The Morgan fingerprint density at radius 3 is 2.58 bits per heavy atom. The van der Waals surface area contributed by atoms with E-state index >= 15 is 0 Å². The lowest BCUT2D eigenvalue weighted by Crippen LogP contribution is -2.28. The van der Waals surface area contributed by atoms with E-state index in [0.29, 0.717) is 39.4 Å². The number of nitro groups is 1. The number of aliphatic imine (C=N–C) groups is 1. The molecule has 9 nitrogen and oxygen atoms in total. The van der Waals surface area contributed by atoms with Crippen LogP contribution in [0.25, 0.3) is 17.4 Å². The molecule has 0 atom stereocenters. The van der Waals surface area contributed by atoms with Crippen molar-refractivity contribution in [2.45, 2.75) is 6.92 Å². The van der Waals surface area contributed by atoms with Crippen LogP contribution in [0.4, 0.5) is 11.4 Å². The molecular weight excluding hydrogens is 446 g/mol. The van der Waals surface area contributed by atoms with E-state index in [4.69, 9.17) is 9.52 Å². The minimum absolute atomic E-state index is 0.0714. The van der Waals surface area contributed by atoms with Gasteiger partial charge in [0.2, 0.25) is 0 Å². The van der Waals surface area contributed by atoms with Gasteiger partial charge >= 0.3 is 5.97 Å². The standard InChI is InChI=1S/C23H17N3O6S/c1-2-25-21(27)20(33-23(25)24-15-9-7-14(8-10-15)22(28)29)13-16-11-12-19(32-16)17-5-3-4-6-18(17)26(30)31/h3-13H,2H2,1H3,(H,28,29)/b20-13-,24-23?. The number of carboxylic acids is 1. The Bertz CT molecular complexity index is 1310. The second kappa shape index (κ2) is 9.13. The summed E-state index contributed by atoms with van der Waals surface area (Å²) in [6.45, 7) is 2.22. The Hall–Kier alpha value is -4.18. The summed E-state index contributed by atoms with van der Waals surface area (Å²) in [6.07, 6.45) is 1.57. The number of aromatic carboxylic acids is 1. The summed E-state index contributed by atoms with van der Waals surface area (Å²) in [5, 5.41) is 20.8. The van der Waals surface area contributed by atoms with Crippen LogP contribution in [0.15, 0.2) is 75.0 Å². The van der Waals surface area contributed by atoms with Crippen LogP contribution >= 0.6 is 11.8 Å². The fourth-order valence-electron chi connectivity index (χ4n) is 3.20. The SMILES string of the molecule is CCN1C(=O)/C(=C/c2ccc(-c3ccccc3[N+](=O)[O-])o2)SC1=Nc1ccc(C(=O)O)cc1. The molecule has 1 amide bonds. The van der Waals surface area contributed by atoms with Crippen molar-refractivity contribution in [1.29, 1.82) is 0 Å². The number of nitrogens with zero attached hydrogens (tertiary/aromatic N) is 3. The van der Waals surface area contributed by atoms with Gasteiger partial charge in [-0.25, -0.2) is 9.79 Å². The molecule has 1 aromatic heterocycles. The maximum Gasteiger partial charge on any atom is 0.335 e. The van der Waals surface area contributed by atoms with E-state index < -0.39 is 10.9 Å². The zero-order valence-corrected chi connectivity index (χ0v) is 18.1. The van der Waals surface area contributed by atoms with E-state index in [1.807, 2.05) is 6.92 Å². The Morgan fingerprint density at radius 2 is 1.91 bits per heavy atom. The first-order valence-electron chi connectivity index (χ1n) is 9.84. The number of para-hydroxylation sites is 1. The number of hydrogen-bond donors (Lipinski definition) is 1. The molecule has 10 heteroatoms. The molecule has 0 unspecified atom stereocenters. The molecule has 0 spiro atoms. The number of carbonyl (C=O) groups is 2. The average Bonchev–Trinajstić information content (AvgIpc) is 3.38. The third-order valence-corrected chi connectivity index (χ3v) is 5.82. The van der Waals surface area contributed by atoms with Gasteiger partial charge in [0.05, 0.1) is 26.6 Å². The minimum atomic E-state index is -1.03. The number of nitro benzene ring substituents is 1. The number of rotatable bonds is 6. The van der Waals surface area contributed by atoms with Crippen LogP contribution in [0.3, 0.4) is 0 Å². The number of furan rings is 1. The summed E-state index contributed by atoms with van der Waals surface area (Å²) in [6, 6.07) is 15.6. The highest BCUT2D eigenvalue weighted by Gasteiger charge is 2.32. The molecule has 3 aromatic rings. The van der Waals surface area contributed by atoms with Crippen molar-refractivity contribution < 1.29 is 24.0 Å². The first-order valence-corrected chi connectivity index (χ1v) is 10.7. The van der Waals surface area contributed by atoms with E-state index in [0.717, 1.165) is 0 Å². The largest absolute Gasteiger partial charge is 0.478 e. The van der Waals surface area contributed by atoms with Crippen molar-refractivity contribution in [2.24, 2.45) is 4.99 Å². The zero-order valence-electron chi connectivity index (χ0n) is 17.3. The van der Waals surface area contributed by atoms with Gasteiger partial charge in [0, 0.05) is 18.7 Å². The van der Waals surface area contributed by atoms with Gasteiger partial charge < -0.3 is 9.52 Å². The molecule has 4 rings (SSSR count). The predicted octanol–water partition coefficient (Wildman–Crippen LogP) is 5.18. The van der Waals surface area contributed by atoms with Crippen molar-refractivity contribution in [2.75, 3.05) is 6.54 Å². The molecule has 0 radical (unpaired) electrons. The summed E-state index contributed by atoms with van der Waals surface area (Å²) >= 11 is 1.17. The smallest absolute Gasteiger partial charge is 0.335 e. The first kappa shape index (κ1) is 22.0. The Kier molecular flexibility index (Phi) is 6.09. The van der Waals surface area contributed by atoms with Crippen LogP contribution in [-0.4, -0.2) is 38.5 Å². The van der Waals surface area contributed by atoms with Gasteiger partial charge in [0.25, 0.3) is 11.6 Å². The van der Waals surface area contributed by atoms with Crippen LogP contribution in [0.2, 0.25) is 0 Å². The van der Waals surface area contributed by atoms with E-state index in [9.17, 15) is 19.7 Å². The van der Waals surface area contributed by atoms with Gasteiger partial charge in [-0.15, -0.1) is 0 Å². The van der Waals surface area contributed by atoms with Crippen molar-refractivity contribution >= 4 is 46.3 Å². The van der Waals surface area contributed by atoms with Gasteiger partial charge in [-0.3, -0.25) is 19.8 Å². The molecule has 1 aliphatic heterocycles. The number of likely N-dealkylation sites (N-methyl/N-ethyl adjacent to an activating group) is 1. The quantitative estimate of drug-likeness (QED) is 0.303. The van der Waals surface area contributed by atoms with Gasteiger partial charge in [-0.2, -0.15) is 0 Å². The molecule has 33 heavy (non-hydrogen) atoms. The Labute approximate surface area is 192 Å². The van der Waals surface area contributed by atoms with E-state index in [1.165, 1.54) is 34.9 Å². The summed E-state index contributed by atoms with van der Waals surface area (Å²) in [4.78, 5) is 41.1. The fraction of sp³-hybridized carbons (Fsp3) is 0.0870. The number of carboxylic acid groups (broad SMARTS) is 1. The average molecular weight is 463 g/mol. The number of amides is 1. The van der Waals surface area contributed by atoms with Crippen molar-refractivity contribution in [3.63, 3.8) is 0 Å². The minimum Gasteiger partial charge on any atom is -0.478 e. The topological polar surface area (TPSA) is 126 Å². The lowest BCUT2D eigenvalue weighted by Gasteiger charge is -2.11. The maximum absolute atomic E-state index is 12.9. The second-order valence-electron chi connectivity index (χ2n) is 6.88. The summed E-state index contributed by atoms with van der Waals surface area (Å²) in [7, 11) is 0. The summed E-state index contributed by atoms with van der Waals surface area (Å²) < 4.78 is 5.77. The van der Waals surface area contributed by atoms with Crippen LogP contribution < -0.4 is 0 Å². The number of thioether (sulfide) groups is 1. The first-order chi connectivity index (χ1) is 15.9. The molecule has 0 bridgehead atoms. The fourth-order valence-corrected chi connectivity index (χ4v) is 4.25. The molecule has 1 N–H and O–H groups in total. The predicted molar refractivity (Wildman–Crippen MR) is 124 cm³/mol. The number of carbonyl (C=O) groups excluding carboxylic acids is 1. The third kappa shape index (κ3) is 4.55. The van der Waals surface area contributed by atoms with Crippen molar-refractivity contribution in [1.82, 2.24) is 4.90 Å². The van der Waals surface area contributed by atoms with Gasteiger partial charge in [-0.05, 0) is 61.2 Å². The third-order valence-electron chi connectivity index (χ3n) is 4.81. The van der Waals surface area contributed by atoms with Crippen LogP contribution in [0.1, 0.15) is 23.0 Å². The molecule has 0 saturated carbocycles. The monoisotopic (exact) mass is 463 g/mol. The zero-order chi connectivity index (χ0) is 23.5. The normalized spacial score (nSPS) is 16.0. The molecule has 0 aliphatic carbocycles. The summed E-state index contributed by atoms with van der Waals surface area (Å²) in [5.41, 5.74) is 0.943. The maximum atomic E-state index is 12.9. The molecule has 1 aliphatic rings. The molecule has 1 saturated heterocycles. The lowest BCUT2D eigenvalue weighted by atomic mass is 10.1. The second-order valence-corrected chi connectivity index (χ2v) is 7.89. The van der Waals surface area contributed by atoms with E-state index in [-0.39, 0.29) is 17.2 Å². The highest BCUT2D eigenvalue weighted by Crippen LogP contribution is 2.36. The Morgan fingerprint density at radius 1 is 1.18 bits per heavy atom.